The largest absolute Gasteiger partial charge is 0.324 e. The fourth-order valence-electron chi connectivity index (χ4n) is 1.33. The number of hydrogen-bond acceptors (Lipinski definition) is 2. The fraction of sp³-hybridized carbons (Fsp3) is 0.700. The normalized spacial score (nSPS) is 13.2. The topological polar surface area (TPSA) is 43.8 Å². The Kier molecular flexibility index (Phi) is 3.96. The summed E-state index contributed by atoms with van der Waals surface area (Å²) in [6.07, 6.45) is 7.38. The first kappa shape index (κ1) is 10.3. The van der Waals surface area contributed by atoms with Crippen LogP contribution in [-0.4, -0.2) is 9.78 Å². The lowest BCUT2D eigenvalue weighted by atomic mass is 10.1. The number of nitrogens with zero attached hydrogens (tertiary/aromatic N) is 2. The average molecular weight is 181 g/mol. The van der Waals surface area contributed by atoms with Gasteiger partial charge in [0.1, 0.15) is 0 Å². The van der Waals surface area contributed by atoms with Crippen molar-refractivity contribution in [1.29, 1.82) is 0 Å². The molecule has 0 saturated heterocycles. The second-order valence-corrected chi connectivity index (χ2v) is 3.38. The minimum atomic E-state index is 0.167. The fourth-order valence-corrected chi connectivity index (χ4v) is 1.33. The highest BCUT2D eigenvalue weighted by Gasteiger charge is 2.06. The molecule has 1 heterocycles. The van der Waals surface area contributed by atoms with Gasteiger partial charge >= 0.3 is 0 Å². The summed E-state index contributed by atoms with van der Waals surface area (Å²) in [4.78, 5) is 0. The minimum absolute atomic E-state index is 0.167. The molecule has 0 amide bonds. The minimum Gasteiger partial charge on any atom is -0.324 e. The second kappa shape index (κ2) is 5.02. The standard InChI is InChI=1S/C10H19N3/c1-3-5-6-10(11)9-7-12-13(4-2)8-9/h7-8,10H,3-6,11H2,1-2H3. The number of rotatable bonds is 5. The number of unbranched alkanes of at least 4 members (excludes halogenated alkanes) is 1. The molecule has 3 heteroatoms. The maximum Gasteiger partial charge on any atom is 0.0537 e. The molecule has 0 radical (unpaired) electrons. The zero-order chi connectivity index (χ0) is 9.68. The number of nitrogens with two attached hydrogens (primary N) is 1. The molecule has 0 fully saturated rings. The lowest BCUT2D eigenvalue weighted by molar-refractivity contribution is 0.601. The Morgan fingerprint density at radius 3 is 2.85 bits per heavy atom. The summed E-state index contributed by atoms with van der Waals surface area (Å²) < 4.78 is 1.92. The Balaban J connectivity index is 2.50. The number of aromatic nitrogens is 2. The molecule has 0 aliphatic rings. The highest BCUT2D eigenvalue weighted by Crippen LogP contribution is 2.15. The van der Waals surface area contributed by atoms with Gasteiger partial charge in [-0.1, -0.05) is 19.8 Å². The summed E-state index contributed by atoms with van der Waals surface area (Å²) in [6.45, 7) is 5.18. The molecule has 13 heavy (non-hydrogen) atoms. The first-order valence-corrected chi connectivity index (χ1v) is 5.05. The van der Waals surface area contributed by atoms with Crippen molar-refractivity contribution in [2.24, 2.45) is 5.73 Å². The van der Waals surface area contributed by atoms with Gasteiger partial charge in [0.05, 0.1) is 6.20 Å². The molecule has 0 saturated carbocycles. The Bertz CT molecular complexity index is 242. The van der Waals surface area contributed by atoms with E-state index in [2.05, 4.69) is 18.9 Å². The molecular weight excluding hydrogens is 162 g/mol. The predicted molar refractivity (Wildman–Crippen MR) is 54.4 cm³/mol. The molecule has 0 aromatic carbocycles. The first-order valence-electron chi connectivity index (χ1n) is 5.05. The van der Waals surface area contributed by atoms with Crippen molar-refractivity contribution in [3.8, 4) is 0 Å². The summed E-state index contributed by atoms with van der Waals surface area (Å²) >= 11 is 0. The highest BCUT2D eigenvalue weighted by atomic mass is 15.3. The van der Waals surface area contributed by atoms with Gasteiger partial charge in [0.25, 0.3) is 0 Å². The third-order valence-electron chi connectivity index (χ3n) is 2.27. The van der Waals surface area contributed by atoms with Crippen molar-refractivity contribution in [3.05, 3.63) is 18.0 Å². The number of aryl methyl sites for hydroxylation is 1. The third kappa shape index (κ3) is 2.84. The van der Waals surface area contributed by atoms with Gasteiger partial charge in [-0.15, -0.1) is 0 Å². The molecule has 74 valence electrons. The molecule has 0 spiro atoms. The van der Waals surface area contributed by atoms with E-state index in [0.29, 0.717) is 0 Å². The maximum atomic E-state index is 6.00. The molecule has 1 aromatic heterocycles. The van der Waals surface area contributed by atoms with Crippen LogP contribution in [0.3, 0.4) is 0 Å². The van der Waals surface area contributed by atoms with Crippen molar-refractivity contribution < 1.29 is 0 Å². The maximum absolute atomic E-state index is 6.00. The van der Waals surface area contributed by atoms with E-state index in [1.54, 1.807) is 0 Å². The van der Waals surface area contributed by atoms with E-state index in [1.165, 1.54) is 12.8 Å². The van der Waals surface area contributed by atoms with Crippen LogP contribution in [-0.2, 0) is 6.54 Å². The van der Waals surface area contributed by atoms with Gasteiger partial charge in [-0.3, -0.25) is 4.68 Å². The number of hydrogen-bond donors (Lipinski definition) is 1. The molecule has 1 unspecified atom stereocenters. The average Bonchev–Trinajstić information content (AvgIpc) is 2.62. The van der Waals surface area contributed by atoms with Crippen molar-refractivity contribution in [3.63, 3.8) is 0 Å². The van der Waals surface area contributed by atoms with Crippen LogP contribution >= 0.6 is 0 Å². The van der Waals surface area contributed by atoms with Gasteiger partial charge in [0.15, 0.2) is 0 Å². The van der Waals surface area contributed by atoms with Crippen LogP contribution in [0.1, 0.15) is 44.7 Å². The highest BCUT2D eigenvalue weighted by molar-refractivity contribution is 5.09. The quantitative estimate of drug-likeness (QED) is 0.756. The van der Waals surface area contributed by atoms with Crippen molar-refractivity contribution in [2.45, 2.75) is 45.7 Å². The van der Waals surface area contributed by atoms with Gasteiger partial charge in [-0.25, -0.2) is 0 Å². The van der Waals surface area contributed by atoms with Crippen molar-refractivity contribution in [1.82, 2.24) is 9.78 Å². The van der Waals surface area contributed by atoms with Crippen molar-refractivity contribution in [2.75, 3.05) is 0 Å². The van der Waals surface area contributed by atoms with E-state index < -0.39 is 0 Å². The zero-order valence-corrected chi connectivity index (χ0v) is 8.53. The van der Waals surface area contributed by atoms with Gasteiger partial charge in [0.2, 0.25) is 0 Å². The lowest BCUT2D eigenvalue weighted by Crippen LogP contribution is -2.09. The van der Waals surface area contributed by atoms with E-state index in [0.717, 1.165) is 18.5 Å². The van der Waals surface area contributed by atoms with Crippen LogP contribution in [0.2, 0.25) is 0 Å². The SMILES string of the molecule is CCCCC(N)c1cnn(CC)c1. The van der Waals surface area contributed by atoms with Crippen LogP contribution in [0, 0.1) is 0 Å². The van der Waals surface area contributed by atoms with Crippen LogP contribution in [0.5, 0.6) is 0 Å². The van der Waals surface area contributed by atoms with Gasteiger partial charge in [-0.05, 0) is 13.3 Å². The van der Waals surface area contributed by atoms with Gasteiger partial charge < -0.3 is 5.73 Å². The molecule has 3 nitrogen and oxygen atoms in total. The Hall–Kier alpha value is -0.830. The molecule has 2 N–H and O–H groups in total. The van der Waals surface area contributed by atoms with Gasteiger partial charge in [-0.2, -0.15) is 5.10 Å². The van der Waals surface area contributed by atoms with E-state index in [4.69, 9.17) is 5.73 Å². The smallest absolute Gasteiger partial charge is 0.0537 e. The summed E-state index contributed by atoms with van der Waals surface area (Å²) in [7, 11) is 0. The monoisotopic (exact) mass is 181 g/mol. The van der Waals surface area contributed by atoms with E-state index in [-0.39, 0.29) is 6.04 Å². The summed E-state index contributed by atoms with van der Waals surface area (Å²) in [5, 5.41) is 4.20. The third-order valence-corrected chi connectivity index (χ3v) is 2.27. The Labute approximate surface area is 79.9 Å². The first-order chi connectivity index (χ1) is 6.27. The molecule has 0 aliphatic heterocycles. The summed E-state index contributed by atoms with van der Waals surface area (Å²) in [5.41, 5.74) is 7.16. The molecule has 0 bridgehead atoms. The summed E-state index contributed by atoms with van der Waals surface area (Å²) in [5.74, 6) is 0. The van der Waals surface area contributed by atoms with Crippen molar-refractivity contribution >= 4 is 0 Å². The molecular formula is C10H19N3. The lowest BCUT2D eigenvalue weighted by Gasteiger charge is -2.07. The zero-order valence-electron chi connectivity index (χ0n) is 8.53. The van der Waals surface area contributed by atoms with Crippen LogP contribution in [0.25, 0.3) is 0 Å². The van der Waals surface area contributed by atoms with Gasteiger partial charge in [0, 0.05) is 24.3 Å². The molecule has 1 rings (SSSR count). The molecule has 1 aromatic rings. The second-order valence-electron chi connectivity index (χ2n) is 3.38. The summed E-state index contributed by atoms with van der Waals surface area (Å²) in [6, 6.07) is 0.167. The van der Waals surface area contributed by atoms with E-state index in [9.17, 15) is 0 Å². The van der Waals surface area contributed by atoms with Crippen LogP contribution < -0.4 is 5.73 Å². The van der Waals surface area contributed by atoms with E-state index in [1.807, 2.05) is 17.1 Å². The van der Waals surface area contributed by atoms with E-state index >= 15 is 0 Å². The van der Waals surface area contributed by atoms with Crippen LogP contribution in [0.15, 0.2) is 12.4 Å². The molecule has 1 atom stereocenters. The van der Waals surface area contributed by atoms with Crippen LogP contribution in [0.4, 0.5) is 0 Å². The molecule has 0 aliphatic carbocycles. The Morgan fingerprint density at radius 1 is 1.54 bits per heavy atom. The predicted octanol–water partition coefficient (Wildman–Crippen LogP) is 2.09. The Morgan fingerprint density at radius 2 is 2.31 bits per heavy atom.